The first kappa shape index (κ1) is 56.1. The maximum absolute atomic E-state index is 13.8. The maximum Gasteiger partial charge on any atom is 0.407 e. The van der Waals surface area contributed by atoms with Gasteiger partial charge in [0.15, 0.2) is 0 Å². The lowest BCUT2D eigenvalue weighted by atomic mass is 9.79. The number of amides is 1. The molecular weight excluding hydrogens is 914 g/mol. The number of nitrogens with one attached hydrogen (secondary N) is 1. The van der Waals surface area contributed by atoms with Gasteiger partial charge in [-0.15, -0.1) is 0 Å². The lowest BCUT2D eigenvalue weighted by molar-refractivity contribution is -0.154. The Labute approximate surface area is 437 Å². The molecule has 0 spiro atoms. The topological polar surface area (TPSA) is 90.9 Å². The second kappa shape index (κ2) is 29.5. The van der Waals surface area contributed by atoms with Crippen LogP contribution in [0.1, 0.15) is 188 Å². The highest BCUT2D eigenvalue weighted by atomic mass is 35.5. The molecule has 0 fully saturated rings. The fourth-order valence-electron chi connectivity index (χ4n) is 10.3. The Morgan fingerprint density at radius 1 is 0.583 bits per heavy atom. The highest BCUT2D eigenvalue weighted by Gasteiger charge is 2.40. The van der Waals surface area contributed by atoms with Crippen molar-refractivity contribution in [3.8, 4) is 11.1 Å². The van der Waals surface area contributed by atoms with Gasteiger partial charge in [-0.05, 0) is 98.7 Å². The maximum atomic E-state index is 13.8. The van der Waals surface area contributed by atoms with Crippen LogP contribution in [-0.4, -0.2) is 43.2 Å². The zero-order valence-corrected chi connectivity index (χ0v) is 44.6. The number of carbonyl (C=O) groups excluding carboxylic acids is 3. The predicted molar refractivity (Wildman–Crippen MR) is 295 cm³/mol. The van der Waals surface area contributed by atoms with E-state index in [0.29, 0.717) is 37.4 Å². The summed E-state index contributed by atoms with van der Waals surface area (Å²) in [5, 5.41) is 3.61. The van der Waals surface area contributed by atoms with Crippen LogP contribution in [0.15, 0.2) is 127 Å². The summed E-state index contributed by atoms with van der Waals surface area (Å²) in [4.78, 5) is 38.8. The van der Waals surface area contributed by atoms with E-state index >= 15 is 0 Å². The standard InChI is InChI=1S/C64H82ClNO6/c1-49-41-43-52(44-42-49)64(51-31-18-17-19-32-51,59-38-26-27-39-60(59)65)71-47-50(30-28-29-45-66-62(69)70-48-58-56-36-24-22-34-54(56)55-35-23-25-37-57(55)58)46-53(67)33-20-15-13-11-9-7-5-6-8-10-12-14-16-21-40-61(68)72-63(2,3)4/h17-19,22-27,31-32,34-39,41-44,50,58H,5-16,20-21,28-30,33,40,45-48H2,1-4H3,(H,66,69)/t50-,64?/m1/s1. The fourth-order valence-corrected chi connectivity index (χ4v) is 10.6. The normalized spacial score (nSPS) is 13.5. The predicted octanol–water partition coefficient (Wildman–Crippen LogP) is 16.8. The van der Waals surface area contributed by atoms with Crippen molar-refractivity contribution in [3.63, 3.8) is 0 Å². The zero-order valence-electron chi connectivity index (χ0n) is 43.9. The first-order valence-corrected chi connectivity index (χ1v) is 27.7. The molecular formula is C64H82ClNO6. The van der Waals surface area contributed by atoms with Gasteiger partial charge in [-0.2, -0.15) is 0 Å². The molecule has 8 heteroatoms. The van der Waals surface area contributed by atoms with E-state index in [1.54, 1.807) is 0 Å². The molecule has 7 nitrogen and oxygen atoms in total. The summed E-state index contributed by atoms with van der Waals surface area (Å²) in [5.41, 5.74) is 7.34. The van der Waals surface area contributed by atoms with Gasteiger partial charge in [0.05, 0.1) is 6.61 Å². The SMILES string of the molecule is Cc1ccc(C(OC[C@H](CCCCNC(=O)OCC2c3ccccc3-c3ccccc32)CC(=O)CCCCCCCCCCCCCCCCC(=O)OC(C)(C)C)(c2ccccc2)c2ccccc2Cl)cc1. The molecule has 0 saturated heterocycles. The number of esters is 1. The number of carbonyl (C=O) groups is 3. The summed E-state index contributed by atoms with van der Waals surface area (Å²) >= 11 is 7.07. The van der Waals surface area contributed by atoms with Crippen molar-refractivity contribution in [1.82, 2.24) is 5.32 Å². The Kier molecular flexibility index (Phi) is 22.9. The number of rotatable bonds is 32. The third kappa shape index (κ3) is 17.5. The van der Waals surface area contributed by atoms with Crippen molar-refractivity contribution in [2.75, 3.05) is 19.8 Å². The number of fused-ring (bicyclic) bond motifs is 3. The van der Waals surface area contributed by atoms with Crippen molar-refractivity contribution < 1.29 is 28.6 Å². The number of halogens is 1. The van der Waals surface area contributed by atoms with Gasteiger partial charge in [0.1, 0.15) is 23.6 Å². The van der Waals surface area contributed by atoms with E-state index in [0.717, 1.165) is 73.6 Å². The molecule has 1 aliphatic carbocycles. The van der Waals surface area contributed by atoms with Gasteiger partial charge in [-0.25, -0.2) is 4.79 Å². The molecule has 5 aromatic rings. The second-order valence-electron chi connectivity index (χ2n) is 21.1. The Hall–Kier alpha value is -5.24. The minimum atomic E-state index is -1.01. The number of aryl methyl sites for hydroxylation is 1. The second-order valence-corrected chi connectivity index (χ2v) is 21.5. The van der Waals surface area contributed by atoms with Crippen molar-refractivity contribution in [2.24, 2.45) is 5.92 Å². The van der Waals surface area contributed by atoms with Crippen LogP contribution in [0.3, 0.4) is 0 Å². The number of benzene rings is 5. The minimum absolute atomic E-state index is 0.00788. The Morgan fingerprint density at radius 3 is 1.68 bits per heavy atom. The minimum Gasteiger partial charge on any atom is -0.460 e. The molecule has 2 atom stereocenters. The molecule has 1 N–H and O–H groups in total. The largest absolute Gasteiger partial charge is 0.460 e. The van der Waals surface area contributed by atoms with Crippen LogP contribution in [0, 0.1) is 12.8 Å². The third-order valence-corrected chi connectivity index (χ3v) is 14.4. The highest BCUT2D eigenvalue weighted by Crippen LogP contribution is 2.46. The number of alkyl carbamates (subject to hydrolysis) is 1. The van der Waals surface area contributed by atoms with E-state index in [1.807, 2.05) is 75.4 Å². The number of ketones is 1. The molecule has 0 aliphatic heterocycles. The average molecular weight is 997 g/mol. The van der Waals surface area contributed by atoms with Crippen LogP contribution in [-0.2, 0) is 29.4 Å². The van der Waals surface area contributed by atoms with Crippen molar-refractivity contribution in [2.45, 2.75) is 173 Å². The smallest absolute Gasteiger partial charge is 0.407 e. The summed E-state index contributed by atoms with van der Waals surface area (Å²) in [6.07, 6.45) is 20.0. The van der Waals surface area contributed by atoms with Crippen LogP contribution in [0.4, 0.5) is 4.79 Å². The molecule has 5 aromatic carbocycles. The van der Waals surface area contributed by atoms with Crippen molar-refractivity contribution >= 4 is 29.4 Å². The lowest BCUT2D eigenvalue weighted by Gasteiger charge is -2.37. The fraction of sp³-hybridized carbons (Fsp3) is 0.484. The van der Waals surface area contributed by atoms with Gasteiger partial charge in [-0.3, -0.25) is 9.59 Å². The van der Waals surface area contributed by atoms with Crippen LogP contribution in [0.5, 0.6) is 0 Å². The molecule has 0 bridgehead atoms. The number of hydrogen-bond donors (Lipinski definition) is 1. The van der Waals surface area contributed by atoms with E-state index in [2.05, 4.69) is 85.0 Å². The van der Waals surface area contributed by atoms with Gasteiger partial charge >= 0.3 is 12.1 Å². The number of ether oxygens (including phenoxy) is 3. The number of hydrogen-bond acceptors (Lipinski definition) is 6. The molecule has 72 heavy (non-hydrogen) atoms. The van der Waals surface area contributed by atoms with E-state index in [9.17, 15) is 14.4 Å². The van der Waals surface area contributed by atoms with Crippen LogP contribution >= 0.6 is 11.6 Å². The summed E-state index contributed by atoms with van der Waals surface area (Å²) in [7, 11) is 0. The molecule has 1 aliphatic rings. The van der Waals surface area contributed by atoms with Gasteiger partial charge < -0.3 is 19.5 Å². The van der Waals surface area contributed by atoms with Gasteiger partial charge in [0.25, 0.3) is 0 Å². The van der Waals surface area contributed by atoms with Crippen LogP contribution in [0.25, 0.3) is 11.1 Å². The quantitative estimate of drug-likeness (QED) is 0.0262. The molecule has 1 unspecified atom stereocenters. The van der Waals surface area contributed by atoms with E-state index < -0.39 is 17.3 Å². The number of Topliss-reactive ketones (excluding diaryl/α,β-unsaturated/α-hetero) is 1. The molecule has 6 rings (SSSR count). The average Bonchev–Trinajstić information content (AvgIpc) is 3.69. The molecule has 0 radical (unpaired) electrons. The summed E-state index contributed by atoms with van der Waals surface area (Å²) in [6, 6.07) is 43.4. The monoisotopic (exact) mass is 996 g/mol. The molecule has 1 amide bonds. The Balaban J connectivity index is 0.967. The lowest BCUT2D eigenvalue weighted by Crippen LogP contribution is -2.35. The van der Waals surface area contributed by atoms with E-state index in [4.69, 9.17) is 25.8 Å². The van der Waals surface area contributed by atoms with Gasteiger partial charge in [-0.1, -0.05) is 222 Å². The van der Waals surface area contributed by atoms with Gasteiger partial charge in [0, 0.05) is 42.3 Å². The van der Waals surface area contributed by atoms with E-state index in [-0.39, 0.29) is 30.2 Å². The van der Waals surface area contributed by atoms with Crippen LogP contribution < -0.4 is 5.32 Å². The molecule has 0 heterocycles. The summed E-state index contributed by atoms with van der Waals surface area (Å²) in [5.74, 6) is 0.171. The summed E-state index contributed by atoms with van der Waals surface area (Å²) < 4.78 is 18.5. The highest BCUT2D eigenvalue weighted by molar-refractivity contribution is 6.31. The molecule has 0 saturated carbocycles. The summed E-state index contributed by atoms with van der Waals surface area (Å²) in [6.45, 7) is 8.95. The Morgan fingerprint density at radius 2 is 1.10 bits per heavy atom. The Bertz CT molecular complexity index is 2360. The first-order chi connectivity index (χ1) is 34.9. The van der Waals surface area contributed by atoms with Crippen LogP contribution in [0.2, 0.25) is 5.02 Å². The zero-order chi connectivity index (χ0) is 51.0. The third-order valence-electron chi connectivity index (χ3n) is 14.1. The van der Waals surface area contributed by atoms with Crippen molar-refractivity contribution in [3.05, 3.63) is 166 Å². The van der Waals surface area contributed by atoms with Gasteiger partial charge in [0.2, 0.25) is 0 Å². The number of unbranched alkanes of at least 4 members (excludes halogenated alkanes) is 14. The first-order valence-electron chi connectivity index (χ1n) is 27.3. The van der Waals surface area contributed by atoms with E-state index in [1.165, 1.54) is 80.0 Å². The molecule has 386 valence electrons. The van der Waals surface area contributed by atoms with Crippen molar-refractivity contribution in [1.29, 1.82) is 0 Å². The molecule has 0 aromatic heterocycles.